The number of hydrogen-bond acceptors (Lipinski definition) is 6. The fraction of sp³-hybridized carbons (Fsp3) is 0.429. The summed E-state index contributed by atoms with van der Waals surface area (Å²) in [7, 11) is 0. The van der Waals surface area contributed by atoms with Crippen LogP contribution in [-0.2, 0) is 16.0 Å². The van der Waals surface area contributed by atoms with Crippen molar-refractivity contribution in [2.24, 2.45) is 0 Å². The van der Waals surface area contributed by atoms with Gasteiger partial charge in [-0.15, -0.1) is 0 Å². The van der Waals surface area contributed by atoms with Crippen molar-refractivity contribution in [1.82, 2.24) is 15.1 Å². The van der Waals surface area contributed by atoms with Gasteiger partial charge in [-0.25, -0.2) is 0 Å². The summed E-state index contributed by atoms with van der Waals surface area (Å²) >= 11 is 0. The zero-order valence-corrected chi connectivity index (χ0v) is 11.8. The monoisotopic (exact) mass is 275 g/mol. The van der Waals surface area contributed by atoms with Crippen LogP contribution in [0.5, 0.6) is 0 Å². The van der Waals surface area contributed by atoms with Crippen LogP contribution in [0.25, 0.3) is 11.4 Å². The van der Waals surface area contributed by atoms with Gasteiger partial charge in [0.1, 0.15) is 5.60 Å². The van der Waals surface area contributed by atoms with Crippen molar-refractivity contribution in [3.8, 4) is 11.4 Å². The number of rotatable bonds is 4. The summed E-state index contributed by atoms with van der Waals surface area (Å²) in [5, 5.41) is 3.86. The number of hydrogen-bond donors (Lipinski definition) is 0. The molecule has 0 saturated heterocycles. The van der Waals surface area contributed by atoms with Crippen LogP contribution < -0.4 is 0 Å². The molecule has 0 unspecified atom stereocenters. The summed E-state index contributed by atoms with van der Waals surface area (Å²) in [6, 6.07) is 3.64. The zero-order valence-electron chi connectivity index (χ0n) is 11.8. The fourth-order valence-electron chi connectivity index (χ4n) is 1.57. The average molecular weight is 275 g/mol. The first kappa shape index (κ1) is 14.2. The van der Waals surface area contributed by atoms with Crippen LogP contribution in [0.4, 0.5) is 0 Å². The summed E-state index contributed by atoms with van der Waals surface area (Å²) in [5.74, 6) is 0.602. The number of ether oxygens (including phenoxy) is 1. The van der Waals surface area contributed by atoms with Crippen molar-refractivity contribution in [2.45, 2.75) is 39.2 Å². The van der Waals surface area contributed by atoms with Gasteiger partial charge in [0.25, 0.3) is 0 Å². The molecular formula is C14H17N3O3. The first-order valence-electron chi connectivity index (χ1n) is 6.39. The molecule has 0 saturated carbocycles. The Kier molecular flexibility index (Phi) is 4.12. The van der Waals surface area contributed by atoms with E-state index in [9.17, 15) is 4.79 Å². The predicted octanol–water partition coefficient (Wildman–Crippen LogP) is 2.41. The minimum absolute atomic E-state index is 0.214. The lowest BCUT2D eigenvalue weighted by Gasteiger charge is -2.19. The first-order chi connectivity index (χ1) is 9.44. The largest absolute Gasteiger partial charge is 0.460 e. The third kappa shape index (κ3) is 4.15. The molecule has 6 nitrogen and oxygen atoms in total. The van der Waals surface area contributed by atoms with Crippen LogP contribution in [0, 0.1) is 0 Å². The molecule has 0 aromatic carbocycles. The molecule has 2 rings (SSSR count). The quantitative estimate of drug-likeness (QED) is 0.797. The fourth-order valence-corrected chi connectivity index (χ4v) is 1.57. The van der Waals surface area contributed by atoms with Crippen molar-refractivity contribution in [3.05, 3.63) is 30.4 Å². The molecule has 0 N–H and O–H groups in total. The number of aryl methyl sites for hydroxylation is 1. The van der Waals surface area contributed by atoms with Crippen LogP contribution >= 0.6 is 0 Å². The Morgan fingerprint density at radius 3 is 2.85 bits per heavy atom. The first-order valence-corrected chi connectivity index (χ1v) is 6.39. The maximum atomic E-state index is 11.6. The van der Waals surface area contributed by atoms with Crippen LogP contribution in [-0.4, -0.2) is 26.7 Å². The Labute approximate surface area is 117 Å². The van der Waals surface area contributed by atoms with E-state index in [1.54, 1.807) is 18.5 Å². The second-order valence-corrected chi connectivity index (χ2v) is 5.34. The van der Waals surface area contributed by atoms with Gasteiger partial charge in [0.2, 0.25) is 11.7 Å². The van der Waals surface area contributed by atoms with Crippen molar-refractivity contribution in [2.75, 3.05) is 0 Å². The van der Waals surface area contributed by atoms with Crippen LogP contribution in [0.2, 0.25) is 0 Å². The van der Waals surface area contributed by atoms with Crippen molar-refractivity contribution < 1.29 is 14.1 Å². The van der Waals surface area contributed by atoms with Crippen molar-refractivity contribution in [3.63, 3.8) is 0 Å². The molecule has 0 amide bonds. The summed E-state index contributed by atoms with van der Waals surface area (Å²) in [5.41, 5.74) is 0.298. The number of aromatic nitrogens is 3. The zero-order chi connectivity index (χ0) is 14.6. The minimum atomic E-state index is -0.479. The van der Waals surface area contributed by atoms with E-state index in [1.165, 1.54) is 0 Å². The van der Waals surface area contributed by atoms with E-state index in [2.05, 4.69) is 15.1 Å². The van der Waals surface area contributed by atoms with Crippen molar-refractivity contribution >= 4 is 5.97 Å². The predicted molar refractivity (Wildman–Crippen MR) is 71.7 cm³/mol. The second kappa shape index (κ2) is 5.81. The Balaban J connectivity index is 1.92. The summed E-state index contributed by atoms with van der Waals surface area (Å²) in [6.45, 7) is 5.49. The van der Waals surface area contributed by atoms with Gasteiger partial charge in [0.05, 0.1) is 6.42 Å². The molecule has 2 heterocycles. The molecule has 2 aromatic rings. The van der Waals surface area contributed by atoms with Gasteiger partial charge in [-0.1, -0.05) is 5.16 Å². The highest BCUT2D eigenvalue weighted by Gasteiger charge is 2.17. The Morgan fingerprint density at radius 1 is 1.40 bits per heavy atom. The normalized spacial score (nSPS) is 11.3. The molecule has 6 heteroatoms. The molecule has 0 radical (unpaired) electrons. The molecule has 2 aromatic heterocycles. The van der Waals surface area contributed by atoms with E-state index in [0.717, 1.165) is 5.56 Å². The Bertz CT molecular complexity index is 573. The lowest BCUT2D eigenvalue weighted by Crippen LogP contribution is -2.24. The smallest absolute Gasteiger partial charge is 0.306 e. The highest BCUT2D eigenvalue weighted by molar-refractivity contribution is 5.70. The number of pyridine rings is 1. The standard InChI is InChI=1S/C14H17N3O3/c1-14(2,3)19-12(18)7-6-11-16-13(17-20-11)10-5-4-8-15-9-10/h4-5,8-9H,6-7H2,1-3H3. The molecular weight excluding hydrogens is 258 g/mol. The third-order valence-electron chi connectivity index (χ3n) is 2.35. The molecule has 0 spiro atoms. The molecule has 0 aliphatic carbocycles. The Morgan fingerprint density at radius 2 is 2.20 bits per heavy atom. The van der Waals surface area contributed by atoms with Gasteiger partial charge < -0.3 is 9.26 Å². The van der Waals surface area contributed by atoms with Gasteiger partial charge in [0.15, 0.2) is 0 Å². The minimum Gasteiger partial charge on any atom is -0.460 e. The molecule has 0 atom stereocenters. The SMILES string of the molecule is CC(C)(C)OC(=O)CCc1nc(-c2cccnc2)no1. The van der Waals surface area contributed by atoms with Gasteiger partial charge >= 0.3 is 5.97 Å². The Hall–Kier alpha value is -2.24. The van der Waals surface area contributed by atoms with E-state index < -0.39 is 5.60 Å². The number of carbonyl (C=O) groups is 1. The molecule has 0 aliphatic heterocycles. The van der Waals surface area contributed by atoms with E-state index >= 15 is 0 Å². The van der Waals surface area contributed by atoms with Gasteiger partial charge in [-0.2, -0.15) is 4.98 Å². The summed E-state index contributed by atoms with van der Waals surface area (Å²) in [6.07, 6.45) is 3.91. The molecule has 0 bridgehead atoms. The molecule has 106 valence electrons. The second-order valence-electron chi connectivity index (χ2n) is 5.34. The van der Waals surface area contributed by atoms with Crippen LogP contribution in [0.15, 0.2) is 29.0 Å². The average Bonchev–Trinajstić information content (AvgIpc) is 2.84. The van der Waals surface area contributed by atoms with Crippen molar-refractivity contribution in [1.29, 1.82) is 0 Å². The van der Waals surface area contributed by atoms with Crippen LogP contribution in [0.3, 0.4) is 0 Å². The van der Waals surface area contributed by atoms with Crippen LogP contribution in [0.1, 0.15) is 33.1 Å². The lowest BCUT2D eigenvalue weighted by atomic mass is 10.2. The summed E-state index contributed by atoms with van der Waals surface area (Å²) in [4.78, 5) is 19.8. The molecule has 0 aliphatic rings. The topological polar surface area (TPSA) is 78.1 Å². The maximum Gasteiger partial charge on any atom is 0.306 e. The number of esters is 1. The maximum absolute atomic E-state index is 11.6. The van der Waals surface area contributed by atoms with E-state index in [4.69, 9.17) is 9.26 Å². The van der Waals surface area contributed by atoms with Gasteiger partial charge in [-0.05, 0) is 32.9 Å². The van der Waals surface area contributed by atoms with E-state index in [-0.39, 0.29) is 12.4 Å². The molecule has 20 heavy (non-hydrogen) atoms. The highest BCUT2D eigenvalue weighted by Crippen LogP contribution is 2.15. The lowest BCUT2D eigenvalue weighted by molar-refractivity contribution is -0.154. The van der Waals surface area contributed by atoms with Gasteiger partial charge in [-0.3, -0.25) is 9.78 Å². The number of carbonyl (C=O) groups excluding carboxylic acids is 1. The highest BCUT2D eigenvalue weighted by atomic mass is 16.6. The summed E-state index contributed by atoms with van der Waals surface area (Å²) < 4.78 is 10.3. The molecule has 0 fully saturated rings. The van der Waals surface area contributed by atoms with E-state index in [1.807, 2.05) is 26.8 Å². The number of nitrogens with zero attached hydrogens (tertiary/aromatic N) is 3. The third-order valence-corrected chi connectivity index (χ3v) is 2.35. The van der Waals surface area contributed by atoms with Gasteiger partial charge in [0, 0.05) is 24.4 Å². The van der Waals surface area contributed by atoms with E-state index in [0.29, 0.717) is 18.1 Å².